The molecule has 1 aliphatic rings. The Balaban J connectivity index is 1.56. The van der Waals surface area contributed by atoms with Gasteiger partial charge in [0.2, 0.25) is 0 Å². The van der Waals surface area contributed by atoms with Gasteiger partial charge in [-0.2, -0.15) is 5.10 Å². The summed E-state index contributed by atoms with van der Waals surface area (Å²) in [6.45, 7) is 6.02. The van der Waals surface area contributed by atoms with Crippen LogP contribution in [0.15, 0.2) is 24.9 Å². The van der Waals surface area contributed by atoms with Gasteiger partial charge in [0.15, 0.2) is 0 Å². The monoisotopic (exact) mass is 317 g/mol. The Morgan fingerprint density at radius 1 is 1.39 bits per heavy atom. The Labute approximate surface area is 137 Å². The molecule has 0 radical (unpaired) electrons. The number of nitrogens with one attached hydrogen (secondary N) is 1. The van der Waals surface area contributed by atoms with Crippen molar-refractivity contribution in [2.75, 3.05) is 0 Å². The van der Waals surface area contributed by atoms with Crippen LogP contribution < -0.4 is 5.32 Å². The van der Waals surface area contributed by atoms with Crippen molar-refractivity contribution in [2.24, 2.45) is 13.0 Å². The van der Waals surface area contributed by atoms with Crippen molar-refractivity contribution >= 4 is 0 Å². The lowest BCUT2D eigenvalue weighted by Crippen LogP contribution is -2.35. The molecule has 2 aromatic rings. The minimum atomic E-state index is -0.275. The van der Waals surface area contributed by atoms with Crippen LogP contribution in [0.2, 0.25) is 0 Å². The van der Waals surface area contributed by atoms with E-state index < -0.39 is 0 Å². The summed E-state index contributed by atoms with van der Waals surface area (Å²) in [4.78, 5) is 4.08. The lowest BCUT2D eigenvalue weighted by molar-refractivity contribution is 0.145. The number of hydrogen-bond donors (Lipinski definition) is 2. The zero-order valence-corrected chi connectivity index (χ0v) is 14.2. The summed E-state index contributed by atoms with van der Waals surface area (Å²) in [6, 6.07) is 0.156. The van der Waals surface area contributed by atoms with E-state index in [4.69, 9.17) is 0 Å². The van der Waals surface area contributed by atoms with Crippen molar-refractivity contribution in [3.63, 3.8) is 0 Å². The average Bonchev–Trinajstić information content (AvgIpc) is 3.18. The topological polar surface area (TPSA) is 67.9 Å². The second kappa shape index (κ2) is 6.84. The first-order chi connectivity index (χ1) is 11.0. The fourth-order valence-corrected chi connectivity index (χ4v) is 3.60. The molecule has 2 heterocycles. The third-order valence-electron chi connectivity index (χ3n) is 4.69. The van der Waals surface area contributed by atoms with Crippen LogP contribution in [0.1, 0.15) is 43.9 Å². The molecule has 0 amide bonds. The summed E-state index contributed by atoms with van der Waals surface area (Å²) >= 11 is 0. The lowest BCUT2D eigenvalue weighted by Gasteiger charge is -2.16. The Morgan fingerprint density at radius 3 is 2.91 bits per heavy atom. The fourth-order valence-electron chi connectivity index (χ4n) is 3.60. The van der Waals surface area contributed by atoms with Crippen LogP contribution in [0.5, 0.6) is 0 Å². The van der Waals surface area contributed by atoms with Crippen LogP contribution >= 0.6 is 0 Å². The van der Waals surface area contributed by atoms with Gasteiger partial charge in [0, 0.05) is 50.3 Å². The Bertz CT molecular complexity index is 619. The van der Waals surface area contributed by atoms with Gasteiger partial charge in [0.05, 0.1) is 18.1 Å². The molecule has 2 aromatic heterocycles. The molecule has 1 unspecified atom stereocenters. The standard InChI is InChI=1S/C17H27N5O/c1-12(2)17-14(10-21(3)20-17)8-19-15-6-13(7-16(15)23)9-22-5-4-18-11-22/h4-5,10-13,15-16,19,23H,6-9H2,1-3H3/t13?,15-,16-/m1/s1. The van der Waals surface area contributed by atoms with E-state index in [1.54, 1.807) is 6.20 Å². The predicted molar refractivity (Wildman–Crippen MR) is 88.9 cm³/mol. The van der Waals surface area contributed by atoms with Crippen LogP contribution in [0, 0.1) is 5.92 Å². The number of aryl methyl sites for hydroxylation is 1. The van der Waals surface area contributed by atoms with E-state index in [-0.39, 0.29) is 12.1 Å². The van der Waals surface area contributed by atoms with Crippen molar-refractivity contribution in [3.05, 3.63) is 36.2 Å². The van der Waals surface area contributed by atoms with E-state index in [1.165, 1.54) is 5.56 Å². The van der Waals surface area contributed by atoms with E-state index in [2.05, 4.69) is 40.0 Å². The molecule has 1 aliphatic carbocycles. The summed E-state index contributed by atoms with van der Waals surface area (Å²) in [5.41, 5.74) is 2.37. The second-order valence-electron chi connectivity index (χ2n) is 7.02. The number of aromatic nitrogens is 4. The number of aliphatic hydroxyl groups excluding tert-OH is 1. The van der Waals surface area contributed by atoms with Crippen molar-refractivity contribution in [1.82, 2.24) is 24.6 Å². The SMILES string of the molecule is CC(C)c1nn(C)cc1CN[C@@H]1CC(Cn2ccnc2)C[C@H]1O. The van der Waals surface area contributed by atoms with Gasteiger partial charge < -0.3 is 15.0 Å². The summed E-state index contributed by atoms with van der Waals surface area (Å²) in [5, 5.41) is 18.4. The number of hydrogen-bond acceptors (Lipinski definition) is 4. The van der Waals surface area contributed by atoms with Gasteiger partial charge in [-0.05, 0) is 24.7 Å². The van der Waals surface area contributed by atoms with Crippen molar-refractivity contribution in [2.45, 2.75) is 57.8 Å². The largest absolute Gasteiger partial charge is 0.391 e. The van der Waals surface area contributed by atoms with Crippen LogP contribution in [0.25, 0.3) is 0 Å². The zero-order valence-electron chi connectivity index (χ0n) is 14.2. The second-order valence-corrected chi connectivity index (χ2v) is 7.02. The number of imidazole rings is 1. The molecule has 0 saturated heterocycles. The van der Waals surface area contributed by atoms with Crippen LogP contribution in [-0.4, -0.2) is 36.6 Å². The highest BCUT2D eigenvalue weighted by Crippen LogP contribution is 2.28. The Morgan fingerprint density at radius 2 is 2.22 bits per heavy atom. The molecular weight excluding hydrogens is 290 g/mol. The quantitative estimate of drug-likeness (QED) is 0.850. The third kappa shape index (κ3) is 3.82. The van der Waals surface area contributed by atoms with Crippen molar-refractivity contribution < 1.29 is 5.11 Å². The molecule has 0 aliphatic heterocycles. The molecule has 126 valence electrons. The summed E-state index contributed by atoms with van der Waals surface area (Å²) in [5.74, 6) is 0.908. The molecule has 6 heteroatoms. The summed E-state index contributed by atoms with van der Waals surface area (Å²) < 4.78 is 3.97. The summed E-state index contributed by atoms with van der Waals surface area (Å²) in [7, 11) is 1.96. The lowest BCUT2D eigenvalue weighted by atomic mass is 10.1. The van der Waals surface area contributed by atoms with Gasteiger partial charge in [-0.15, -0.1) is 0 Å². The average molecular weight is 317 g/mol. The molecule has 0 bridgehead atoms. The highest BCUT2D eigenvalue weighted by molar-refractivity contribution is 5.20. The summed E-state index contributed by atoms with van der Waals surface area (Å²) in [6.07, 6.45) is 9.28. The van der Waals surface area contributed by atoms with Gasteiger partial charge in [0.25, 0.3) is 0 Å². The molecular formula is C17H27N5O. The zero-order chi connectivity index (χ0) is 16.4. The van der Waals surface area contributed by atoms with Gasteiger partial charge in [-0.3, -0.25) is 4.68 Å². The maximum Gasteiger partial charge on any atom is 0.0945 e. The minimum absolute atomic E-state index is 0.156. The maximum absolute atomic E-state index is 10.3. The van der Waals surface area contributed by atoms with Crippen LogP contribution in [0.4, 0.5) is 0 Å². The van der Waals surface area contributed by atoms with E-state index in [0.717, 1.165) is 31.6 Å². The molecule has 0 spiro atoms. The van der Waals surface area contributed by atoms with Crippen molar-refractivity contribution in [3.8, 4) is 0 Å². The Kier molecular flexibility index (Phi) is 4.82. The van der Waals surface area contributed by atoms with E-state index in [0.29, 0.717) is 11.8 Å². The van der Waals surface area contributed by atoms with E-state index in [9.17, 15) is 5.11 Å². The first kappa shape index (κ1) is 16.2. The highest BCUT2D eigenvalue weighted by atomic mass is 16.3. The van der Waals surface area contributed by atoms with E-state index >= 15 is 0 Å². The first-order valence-corrected chi connectivity index (χ1v) is 8.42. The molecule has 2 N–H and O–H groups in total. The number of rotatable bonds is 6. The van der Waals surface area contributed by atoms with Gasteiger partial charge in [-0.25, -0.2) is 4.98 Å². The number of aliphatic hydroxyl groups is 1. The third-order valence-corrected chi connectivity index (χ3v) is 4.69. The normalized spacial score (nSPS) is 24.7. The van der Waals surface area contributed by atoms with E-state index in [1.807, 2.05) is 24.3 Å². The van der Waals surface area contributed by atoms with Crippen molar-refractivity contribution in [1.29, 1.82) is 0 Å². The molecule has 3 rings (SSSR count). The van der Waals surface area contributed by atoms with Gasteiger partial charge in [0.1, 0.15) is 0 Å². The molecule has 1 fully saturated rings. The van der Waals surface area contributed by atoms with Crippen LogP contribution in [0.3, 0.4) is 0 Å². The Hall–Kier alpha value is -1.66. The maximum atomic E-state index is 10.3. The highest BCUT2D eigenvalue weighted by Gasteiger charge is 2.32. The minimum Gasteiger partial charge on any atom is -0.391 e. The molecule has 0 aromatic carbocycles. The van der Waals surface area contributed by atoms with Gasteiger partial charge in [-0.1, -0.05) is 13.8 Å². The first-order valence-electron chi connectivity index (χ1n) is 8.42. The molecule has 6 nitrogen and oxygen atoms in total. The molecule has 3 atom stereocenters. The molecule has 1 saturated carbocycles. The van der Waals surface area contributed by atoms with Crippen LogP contribution in [-0.2, 0) is 20.1 Å². The predicted octanol–water partition coefficient (Wildman–Crippen LogP) is 1.67. The fraction of sp³-hybridized carbons (Fsp3) is 0.647. The van der Waals surface area contributed by atoms with Gasteiger partial charge >= 0.3 is 0 Å². The molecule has 23 heavy (non-hydrogen) atoms. The number of nitrogens with zero attached hydrogens (tertiary/aromatic N) is 4. The smallest absolute Gasteiger partial charge is 0.0945 e.